The fourth-order valence-corrected chi connectivity index (χ4v) is 4.29. The zero-order valence-corrected chi connectivity index (χ0v) is 17.8. The molecule has 3 aromatic rings. The molecule has 0 aliphatic heterocycles. The molecule has 0 N–H and O–H groups in total. The van der Waals surface area contributed by atoms with Crippen LogP contribution in [0, 0.1) is 17.2 Å². The molecule has 1 aromatic heterocycles. The highest BCUT2D eigenvalue weighted by Gasteiger charge is 2.37. The predicted octanol–water partition coefficient (Wildman–Crippen LogP) is 6.04. The van der Waals surface area contributed by atoms with E-state index in [0.717, 1.165) is 47.7 Å². The molecule has 0 amide bonds. The molecule has 0 radical (unpaired) electrons. The van der Waals surface area contributed by atoms with Crippen LogP contribution >= 0.6 is 0 Å². The van der Waals surface area contributed by atoms with Gasteiger partial charge < -0.3 is 0 Å². The first-order chi connectivity index (χ1) is 15.9. The SMILES string of the molecule is N#Cc1c(C(F)(F)F)cc(-c2ccccc2)n(N=C2CCCCC2Cc2ccccc2)c1=O. The van der Waals surface area contributed by atoms with Crippen LogP contribution in [0.25, 0.3) is 11.3 Å². The molecule has 1 fully saturated rings. The van der Waals surface area contributed by atoms with E-state index in [4.69, 9.17) is 0 Å². The van der Waals surface area contributed by atoms with Crippen LogP contribution in [0.4, 0.5) is 13.2 Å². The van der Waals surface area contributed by atoms with E-state index in [0.29, 0.717) is 12.0 Å². The summed E-state index contributed by atoms with van der Waals surface area (Å²) in [5.74, 6) is 0.0736. The second-order valence-electron chi connectivity index (χ2n) is 8.13. The third-order valence-corrected chi connectivity index (χ3v) is 5.93. The summed E-state index contributed by atoms with van der Waals surface area (Å²) in [4.78, 5) is 13.1. The molecule has 1 unspecified atom stereocenters. The monoisotopic (exact) mass is 449 g/mol. The summed E-state index contributed by atoms with van der Waals surface area (Å²) in [6, 6.07) is 20.6. The van der Waals surface area contributed by atoms with Crippen molar-refractivity contribution in [2.75, 3.05) is 0 Å². The molecule has 1 atom stereocenters. The highest BCUT2D eigenvalue weighted by atomic mass is 19.4. The summed E-state index contributed by atoms with van der Waals surface area (Å²) in [5, 5.41) is 14.0. The largest absolute Gasteiger partial charge is 0.417 e. The lowest BCUT2D eigenvalue weighted by molar-refractivity contribution is -0.137. The van der Waals surface area contributed by atoms with Crippen LogP contribution < -0.4 is 5.56 Å². The Morgan fingerprint density at radius 1 is 1.03 bits per heavy atom. The lowest BCUT2D eigenvalue weighted by Gasteiger charge is -2.25. The number of rotatable bonds is 4. The fraction of sp³-hybridized carbons (Fsp3) is 0.269. The van der Waals surface area contributed by atoms with Crippen molar-refractivity contribution in [3.05, 3.63) is 93.8 Å². The first-order valence-electron chi connectivity index (χ1n) is 10.8. The number of hydrogen-bond acceptors (Lipinski definition) is 3. The lowest BCUT2D eigenvalue weighted by Crippen LogP contribution is -2.29. The summed E-state index contributed by atoms with van der Waals surface area (Å²) in [6.45, 7) is 0. The number of nitrogens with zero attached hydrogens (tertiary/aromatic N) is 3. The molecule has 0 spiro atoms. The van der Waals surface area contributed by atoms with Crippen LogP contribution in [0.15, 0.2) is 76.6 Å². The van der Waals surface area contributed by atoms with E-state index >= 15 is 0 Å². The maximum atomic E-state index is 13.7. The summed E-state index contributed by atoms with van der Waals surface area (Å²) in [6.07, 6.45) is -0.643. The Hall–Kier alpha value is -3.66. The van der Waals surface area contributed by atoms with Gasteiger partial charge in [-0.25, -0.2) is 0 Å². The third kappa shape index (κ3) is 4.90. The van der Waals surface area contributed by atoms with Gasteiger partial charge in [-0.05, 0) is 37.3 Å². The highest BCUT2D eigenvalue weighted by Crippen LogP contribution is 2.34. The Kier molecular flexibility index (Phi) is 6.45. The number of pyridine rings is 1. The second kappa shape index (κ2) is 9.45. The van der Waals surface area contributed by atoms with Crippen molar-refractivity contribution < 1.29 is 13.2 Å². The van der Waals surface area contributed by atoms with E-state index in [1.165, 1.54) is 6.07 Å². The summed E-state index contributed by atoms with van der Waals surface area (Å²) in [5.41, 5.74) is -0.891. The minimum atomic E-state index is -4.83. The van der Waals surface area contributed by atoms with Crippen LogP contribution in [0.5, 0.6) is 0 Å². The smallest absolute Gasteiger partial charge is 0.266 e. The number of halogens is 3. The van der Waals surface area contributed by atoms with Gasteiger partial charge in [0, 0.05) is 17.2 Å². The van der Waals surface area contributed by atoms with Gasteiger partial charge in [0.15, 0.2) is 0 Å². The average molecular weight is 449 g/mol. The van der Waals surface area contributed by atoms with Gasteiger partial charge in [-0.2, -0.15) is 28.2 Å². The molecule has 1 aliphatic rings. The molecule has 0 saturated heterocycles. The van der Waals surface area contributed by atoms with Gasteiger partial charge in [0.2, 0.25) is 0 Å². The lowest BCUT2D eigenvalue weighted by atomic mass is 9.83. The van der Waals surface area contributed by atoms with Crippen LogP contribution in [0.2, 0.25) is 0 Å². The molecule has 4 nitrogen and oxygen atoms in total. The average Bonchev–Trinajstić information content (AvgIpc) is 2.82. The molecule has 1 aliphatic carbocycles. The Morgan fingerprint density at radius 2 is 1.70 bits per heavy atom. The molecule has 1 heterocycles. The van der Waals surface area contributed by atoms with E-state index in [1.54, 1.807) is 30.3 Å². The van der Waals surface area contributed by atoms with Gasteiger partial charge in [0.1, 0.15) is 11.6 Å². The first kappa shape index (κ1) is 22.5. The van der Waals surface area contributed by atoms with Crippen molar-refractivity contribution in [3.8, 4) is 17.3 Å². The molecule has 2 aromatic carbocycles. The molecule has 0 bridgehead atoms. The van der Waals surface area contributed by atoms with Gasteiger partial charge in [0.05, 0.1) is 11.3 Å². The Labute approximate surface area is 189 Å². The van der Waals surface area contributed by atoms with Crippen molar-refractivity contribution in [2.24, 2.45) is 11.0 Å². The van der Waals surface area contributed by atoms with E-state index in [9.17, 15) is 23.2 Å². The van der Waals surface area contributed by atoms with Crippen molar-refractivity contribution in [1.82, 2.24) is 4.68 Å². The third-order valence-electron chi connectivity index (χ3n) is 5.93. The highest BCUT2D eigenvalue weighted by molar-refractivity contribution is 5.87. The normalized spacial score (nSPS) is 17.6. The van der Waals surface area contributed by atoms with E-state index in [-0.39, 0.29) is 11.6 Å². The van der Waals surface area contributed by atoms with Gasteiger partial charge in [-0.3, -0.25) is 4.79 Å². The van der Waals surface area contributed by atoms with Gasteiger partial charge in [-0.15, -0.1) is 0 Å². The van der Waals surface area contributed by atoms with E-state index in [1.807, 2.05) is 30.3 Å². The molecule has 7 heteroatoms. The molecular formula is C26H22F3N3O. The summed E-state index contributed by atoms with van der Waals surface area (Å²) < 4.78 is 42.0. The Balaban J connectivity index is 1.89. The zero-order chi connectivity index (χ0) is 23.4. The number of hydrogen-bond donors (Lipinski definition) is 0. The molecule has 33 heavy (non-hydrogen) atoms. The Morgan fingerprint density at radius 3 is 2.33 bits per heavy atom. The maximum absolute atomic E-state index is 13.7. The van der Waals surface area contributed by atoms with E-state index in [2.05, 4.69) is 5.10 Å². The second-order valence-corrected chi connectivity index (χ2v) is 8.13. The standard InChI is InChI=1S/C26H22F3N3O/c27-26(28,29)22-16-24(19-11-5-2-6-12-19)32(25(33)21(22)17-30)31-23-14-8-7-13-20(23)15-18-9-3-1-4-10-18/h1-6,9-12,16,20H,7-8,13-15H2. The molecule has 168 valence electrons. The minimum absolute atomic E-state index is 0.0171. The van der Waals surface area contributed by atoms with E-state index < -0.39 is 22.9 Å². The van der Waals surface area contributed by atoms with Crippen molar-refractivity contribution >= 4 is 5.71 Å². The van der Waals surface area contributed by atoms with Crippen molar-refractivity contribution in [3.63, 3.8) is 0 Å². The number of alkyl halides is 3. The van der Waals surface area contributed by atoms with Crippen LogP contribution in [-0.4, -0.2) is 10.4 Å². The maximum Gasteiger partial charge on any atom is 0.417 e. The van der Waals surface area contributed by atoms with Crippen LogP contribution in [0.1, 0.15) is 42.4 Å². The molecular weight excluding hydrogens is 427 g/mol. The van der Waals surface area contributed by atoms with Crippen molar-refractivity contribution in [2.45, 2.75) is 38.3 Å². The fourth-order valence-electron chi connectivity index (χ4n) is 4.29. The van der Waals surface area contributed by atoms with Gasteiger partial charge >= 0.3 is 6.18 Å². The van der Waals surface area contributed by atoms with Gasteiger partial charge in [-0.1, -0.05) is 67.1 Å². The van der Waals surface area contributed by atoms with Crippen LogP contribution in [0.3, 0.4) is 0 Å². The number of aromatic nitrogens is 1. The zero-order valence-electron chi connectivity index (χ0n) is 17.8. The summed E-state index contributed by atoms with van der Waals surface area (Å²) in [7, 11) is 0. The quantitative estimate of drug-likeness (QED) is 0.487. The predicted molar refractivity (Wildman–Crippen MR) is 121 cm³/mol. The van der Waals surface area contributed by atoms with Crippen molar-refractivity contribution in [1.29, 1.82) is 5.26 Å². The molecule has 4 rings (SSSR count). The van der Waals surface area contributed by atoms with Crippen LogP contribution in [-0.2, 0) is 12.6 Å². The number of nitriles is 1. The van der Waals surface area contributed by atoms with Gasteiger partial charge in [0.25, 0.3) is 5.56 Å². The Bertz CT molecular complexity index is 1260. The minimum Gasteiger partial charge on any atom is -0.266 e. The summed E-state index contributed by atoms with van der Waals surface area (Å²) >= 11 is 0. The molecule has 1 saturated carbocycles. The first-order valence-corrected chi connectivity index (χ1v) is 10.8. The number of benzene rings is 2. The topological polar surface area (TPSA) is 58.1 Å².